The lowest BCUT2D eigenvalue weighted by molar-refractivity contribution is -0.125. The molecule has 0 unspecified atom stereocenters. The number of fused-ring (bicyclic) bond motifs is 1. The number of thioether (sulfide) groups is 1. The Balaban J connectivity index is 1.40. The molecule has 2 aromatic carbocycles. The van der Waals surface area contributed by atoms with Crippen LogP contribution in [0, 0.1) is 0 Å². The molecular formula is C23H29N3O3S. The van der Waals surface area contributed by atoms with Crippen LogP contribution in [0.2, 0.25) is 0 Å². The third kappa shape index (κ3) is 6.50. The molecule has 2 amide bonds. The topological polar surface area (TPSA) is 61.9 Å². The highest BCUT2D eigenvalue weighted by atomic mass is 32.2. The third-order valence-corrected chi connectivity index (χ3v) is 5.86. The van der Waals surface area contributed by atoms with Crippen LogP contribution in [0.15, 0.2) is 53.4 Å². The van der Waals surface area contributed by atoms with Crippen LogP contribution in [0.4, 0.5) is 5.69 Å². The predicted molar refractivity (Wildman–Crippen MR) is 121 cm³/mol. The number of carbonyl (C=O) groups excluding carboxylic acids is 2. The van der Waals surface area contributed by atoms with Crippen molar-refractivity contribution in [1.29, 1.82) is 0 Å². The van der Waals surface area contributed by atoms with Gasteiger partial charge in [-0.05, 0) is 43.9 Å². The van der Waals surface area contributed by atoms with Crippen molar-refractivity contribution in [2.45, 2.75) is 24.3 Å². The summed E-state index contributed by atoms with van der Waals surface area (Å²) in [7, 11) is 4.01. The van der Waals surface area contributed by atoms with Gasteiger partial charge in [0.2, 0.25) is 11.8 Å². The molecule has 2 aromatic rings. The molecule has 0 fully saturated rings. The fraction of sp³-hybridized carbons (Fsp3) is 0.391. The highest BCUT2D eigenvalue weighted by molar-refractivity contribution is 7.99. The van der Waals surface area contributed by atoms with Crippen molar-refractivity contribution in [1.82, 2.24) is 10.2 Å². The van der Waals surface area contributed by atoms with E-state index in [9.17, 15) is 9.59 Å². The summed E-state index contributed by atoms with van der Waals surface area (Å²) in [5.74, 6) is 1.58. The van der Waals surface area contributed by atoms with E-state index in [4.69, 9.17) is 4.74 Å². The number of hydrogen-bond donors (Lipinski definition) is 1. The first-order chi connectivity index (χ1) is 14.5. The van der Waals surface area contributed by atoms with Crippen LogP contribution in [-0.4, -0.2) is 56.3 Å². The fourth-order valence-corrected chi connectivity index (χ4v) is 4.12. The fourth-order valence-electron chi connectivity index (χ4n) is 3.12. The maximum atomic E-state index is 12.6. The van der Waals surface area contributed by atoms with E-state index in [1.54, 1.807) is 16.7 Å². The van der Waals surface area contributed by atoms with Crippen LogP contribution in [0.5, 0.6) is 5.75 Å². The molecule has 0 bridgehead atoms. The largest absolute Gasteiger partial charge is 0.492 e. The molecular weight excluding hydrogens is 398 g/mol. The summed E-state index contributed by atoms with van der Waals surface area (Å²) >= 11 is 1.76. The smallest absolute Gasteiger partial charge is 0.227 e. The molecule has 0 atom stereocenters. The molecule has 160 valence electrons. The zero-order valence-corrected chi connectivity index (χ0v) is 18.4. The Morgan fingerprint density at radius 1 is 1.10 bits per heavy atom. The van der Waals surface area contributed by atoms with E-state index in [-0.39, 0.29) is 24.7 Å². The van der Waals surface area contributed by atoms with Crippen molar-refractivity contribution < 1.29 is 14.3 Å². The lowest BCUT2D eigenvalue weighted by atomic mass is 10.2. The van der Waals surface area contributed by atoms with Gasteiger partial charge in [0, 0.05) is 43.1 Å². The minimum Gasteiger partial charge on any atom is -0.492 e. The molecule has 7 heteroatoms. The second-order valence-electron chi connectivity index (χ2n) is 7.43. The van der Waals surface area contributed by atoms with E-state index in [0.29, 0.717) is 19.7 Å². The Labute approximate surface area is 182 Å². The van der Waals surface area contributed by atoms with Crippen LogP contribution in [0.1, 0.15) is 18.4 Å². The van der Waals surface area contributed by atoms with E-state index >= 15 is 0 Å². The summed E-state index contributed by atoms with van der Waals surface area (Å²) in [5, 5.41) is 2.89. The second kappa shape index (κ2) is 11.0. The summed E-state index contributed by atoms with van der Waals surface area (Å²) < 4.78 is 5.67. The molecule has 0 saturated heterocycles. The average molecular weight is 428 g/mol. The van der Waals surface area contributed by atoms with Gasteiger partial charge in [0.1, 0.15) is 12.4 Å². The van der Waals surface area contributed by atoms with Crippen LogP contribution >= 0.6 is 11.8 Å². The van der Waals surface area contributed by atoms with E-state index < -0.39 is 0 Å². The number of benzene rings is 2. The Hall–Kier alpha value is -2.51. The Bertz CT molecular complexity index is 855. The molecule has 3 rings (SSSR count). The monoisotopic (exact) mass is 427 g/mol. The normalized spacial score (nSPS) is 13.1. The number of hydrogen-bond acceptors (Lipinski definition) is 5. The number of ether oxygens (including phenoxy) is 1. The van der Waals surface area contributed by atoms with Crippen molar-refractivity contribution in [3.63, 3.8) is 0 Å². The summed E-state index contributed by atoms with van der Waals surface area (Å²) in [4.78, 5) is 29.8. The number of rotatable bonds is 9. The van der Waals surface area contributed by atoms with Crippen LogP contribution in [-0.2, 0) is 16.1 Å². The van der Waals surface area contributed by atoms with Crippen molar-refractivity contribution in [2.75, 3.05) is 44.4 Å². The first kappa shape index (κ1) is 22.2. The number of nitrogens with zero attached hydrogens (tertiary/aromatic N) is 2. The standard InChI is InChI=1S/C23H29N3O3S/c1-25(2)13-15-29-19-9-7-18(8-10-19)17-24-22(27)11-12-23(28)26-14-16-30-21-6-4-3-5-20(21)26/h3-10H,11-17H2,1-2H3,(H,24,27). The van der Waals surface area contributed by atoms with Crippen molar-refractivity contribution >= 4 is 29.3 Å². The van der Waals surface area contributed by atoms with Gasteiger partial charge in [-0.15, -0.1) is 11.8 Å². The minimum atomic E-state index is -0.116. The van der Waals surface area contributed by atoms with Gasteiger partial charge in [-0.2, -0.15) is 0 Å². The quantitative estimate of drug-likeness (QED) is 0.666. The van der Waals surface area contributed by atoms with Gasteiger partial charge in [-0.25, -0.2) is 0 Å². The highest BCUT2D eigenvalue weighted by Gasteiger charge is 2.22. The van der Waals surface area contributed by atoms with Gasteiger partial charge in [-0.1, -0.05) is 24.3 Å². The first-order valence-corrected chi connectivity index (χ1v) is 11.2. The molecule has 0 aliphatic carbocycles. The van der Waals surface area contributed by atoms with Gasteiger partial charge >= 0.3 is 0 Å². The van der Waals surface area contributed by atoms with Crippen molar-refractivity contribution in [3.8, 4) is 5.75 Å². The zero-order chi connectivity index (χ0) is 21.3. The number of para-hydroxylation sites is 1. The third-order valence-electron chi connectivity index (χ3n) is 4.82. The van der Waals surface area contributed by atoms with E-state index in [1.165, 1.54) is 0 Å². The molecule has 1 aliphatic rings. The van der Waals surface area contributed by atoms with Gasteiger partial charge in [0.15, 0.2) is 0 Å². The maximum Gasteiger partial charge on any atom is 0.227 e. The lowest BCUT2D eigenvalue weighted by Gasteiger charge is -2.29. The SMILES string of the molecule is CN(C)CCOc1ccc(CNC(=O)CCC(=O)N2CCSc3ccccc32)cc1. The molecule has 0 aromatic heterocycles. The number of amides is 2. The van der Waals surface area contributed by atoms with E-state index in [0.717, 1.165) is 34.2 Å². The first-order valence-electron chi connectivity index (χ1n) is 10.2. The van der Waals surface area contributed by atoms with Crippen LogP contribution < -0.4 is 15.0 Å². The van der Waals surface area contributed by atoms with Crippen LogP contribution in [0.25, 0.3) is 0 Å². The predicted octanol–water partition coefficient (Wildman–Crippen LogP) is 3.16. The number of nitrogens with one attached hydrogen (secondary N) is 1. The van der Waals surface area contributed by atoms with Gasteiger partial charge < -0.3 is 19.9 Å². The van der Waals surface area contributed by atoms with Gasteiger partial charge in [0.05, 0.1) is 5.69 Å². The Morgan fingerprint density at radius 3 is 2.63 bits per heavy atom. The summed E-state index contributed by atoms with van der Waals surface area (Å²) in [6, 6.07) is 15.6. The van der Waals surface area contributed by atoms with E-state index in [2.05, 4.69) is 10.2 Å². The minimum absolute atomic E-state index is 0.00266. The highest BCUT2D eigenvalue weighted by Crippen LogP contribution is 2.34. The van der Waals surface area contributed by atoms with Gasteiger partial charge in [0.25, 0.3) is 0 Å². The van der Waals surface area contributed by atoms with Crippen molar-refractivity contribution in [2.24, 2.45) is 0 Å². The van der Waals surface area contributed by atoms with Crippen molar-refractivity contribution in [3.05, 3.63) is 54.1 Å². The molecule has 0 spiro atoms. The lowest BCUT2D eigenvalue weighted by Crippen LogP contribution is -2.36. The molecule has 1 heterocycles. The van der Waals surface area contributed by atoms with E-state index in [1.807, 2.05) is 62.6 Å². The molecule has 1 N–H and O–H groups in total. The Kier molecular flexibility index (Phi) is 8.16. The molecule has 0 saturated carbocycles. The maximum absolute atomic E-state index is 12.6. The molecule has 30 heavy (non-hydrogen) atoms. The molecule has 0 radical (unpaired) electrons. The Morgan fingerprint density at radius 2 is 1.87 bits per heavy atom. The average Bonchev–Trinajstić information content (AvgIpc) is 2.76. The zero-order valence-electron chi connectivity index (χ0n) is 17.6. The summed E-state index contributed by atoms with van der Waals surface area (Å²) in [5.41, 5.74) is 1.95. The molecule has 1 aliphatic heterocycles. The molecule has 6 nitrogen and oxygen atoms in total. The number of anilines is 1. The van der Waals surface area contributed by atoms with Crippen LogP contribution in [0.3, 0.4) is 0 Å². The number of likely N-dealkylation sites (N-methyl/N-ethyl adjacent to an activating group) is 1. The summed E-state index contributed by atoms with van der Waals surface area (Å²) in [6.45, 7) is 2.62. The summed E-state index contributed by atoms with van der Waals surface area (Å²) in [6.07, 6.45) is 0.403. The van der Waals surface area contributed by atoms with Gasteiger partial charge in [-0.3, -0.25) is 9.59 Å². The second-order valence-corrected chi connectivity index (χ2v) is 8.57. The number of carbonyl (C=O) groups is 2.